The number of ether oxygens (including phenoxy) is 1. The molecule has 0 aromatic carbocycles. The van der Waals surface area contributed by atoms with Gasteiger partial charge in [-0.3, -0.25) is 4.79 Å². The van der Waals surface area contributed by atoms with Gasteiger partial charge in [-0.25, -0.2) is 0 Å². The van der Waals surface area contributed by atoms with E-state index in [1.54, 1.807) is 0 Å². The molecule has 0 N–H and O–H groups in total. The van der Waals surface area contributed by atoms with E-state index in [4.69, 9.17) is 0 Å². The molecule has 0 spiro atoms. The van der Waals surface area contributed by atoms with Crippen LogP contribution >= 0.6 is 0 Å². The van der Waals surface area contributed by atoms with Gasteiger partial charge in [-0.1, -0.05) is 0 Å². The number of hydrogen-bond acceptors (Lipinski definition) is 2. The van der Waals surface area contributed by atoms with Crippen molar-refractivity contribution in [2.75, 3.05) is 6.61 Å². The van der Waals surface area contributed by atoms with E-state index in [1.165, 1.54) is 6.92 Å². The molecule has 0 rings (SSSR count). The number of rotatable bonds is 1. The number of carbonyl (C=O) groups excluding carboxylic acids is 1. The van der Waals surface area contributed by atoms with Crippen LogP contribution in [0.2, 0.25) is 0 Å². The molecular weight excluding hydrogens is 145 g/mol. The van der Waals surface area contributed by atoms with Crippen molar-refractivity contribution >= 4 is 5.97 Å². The molecule has 0 aliphatic carbocycles. The van der Waals surface area contributed by atoms with Crippen LogP contribution in [-0.2, 0) is 29.0 Å². The predicted molar refractivity (Wildman–Crippen MR) is 22.0 cm³/mol. The Hall–Kier alpha value is 0.0934. The van der Waals surface area contributed by atoms with Gasteiger partial charge in [-0.05, 0) is 6.61 Å². The van der Waals surface area contributed by atoms with Gasteiger partial charge in [0.2, 0.25) is 0 Å². The van der Waals surface area contributed by atoms with E-state index in [-0.39, 0.29) is 32.1 Å². The first-order valence-corrected chi connectivity index (χ1v) is 1.70. The van der Waals surface area contributed by atoms with Gasteiger partial charge >= 0.3 is 0 Å². The first-order valence-electron chi connectivity index (χ1n) is 1.70. The van der Waals surface area contributed by atoms with Crippen molar-refractivity contribution in [1.82, 2.24) is 0 Å². The first-order chi connectivity index (χ1) is 2.77. The van der Waals surface area contributed by atoms with E-state index >= 15 is 0 Å². The fourth-order valence-electron chi connectivity index (χ4n) is 0.144. The SMILES string of the molecule is [CH2-]COC(C)=O.[Zn]. The third-order valence-electron chi connectivity index (χ3n) is 0.305. The molecule has 2 nitrogen and oxygen atoms in total. The molecule has 0 aromatic heterocycles. The van der Waals surface area contributed by atoms with Crippen LogP contribution < -0.4 is 0 Å². The van der Waals surface area contributed by atoms with Crippen molar-refractivity contribution in [1.29, 1.82) is 0 Å². The minimum atomic E-state index is -0.273. The van der Waals surface area contributed by atoms with E-state index in [2.05, 4.69) is 11.7 Å². The minimum Gasteiger partial charge on any atom is -0.499 e. The molecule has 0 heterocycles. The maximum absolute atomic E-state index is 9.78. The summed E-state index contributed by atoms with van der Waals surface area (Å²) >= 11 is 0. The third-order valence-corrected chi connectivity index (χ3v) is 0.305. The molecule has 38 valence electrons. The molecule has 0 aromatic rings. The van der Waals surface area contributed by atoms with Crippen molar-refractivity contribution < 1.29 is 29.0 Å². The summed E-state index contributed by atoms with van der Waals surface area (Å²) in [6, 6.07) is 0. The van der Waals surface area contributed by atoms with Crippen molar-refractivity contribution in [3.63, 3.8) is 0 Å². The van der Waals surface area contributed by atoms with E-state index in [9.17, 15) is 4.79 Å². The second-order valence-corrected chi connectivity index (χ2v) is 0.840. The fraction of sp³-hybridized carbons (Fsp3) is 0.500. The van der Waals surface area contributed by atoms with Gasteiger partial charge in [0.25, 0.3) is 5.97 Å². The normalized spacial score (nSPS) is 6.57. The summed E-state index contributed by atoms with van der Waals surface area (Å²) in [6.07, 6.45) is 0. The molecular formula is C4H7O2Zn-. The number of carbonyl (C=O) groups is 1. The van der Waals surface area contributed by atoms with Crippen LogP contribution in [0.4, 0.5) is 0 Å². The zero-order chi connectivity index (χ0) is 4.99. The summed E-state index contributed by atoms with van der Waals surface area (Å²) in [4.78, 5) is 9.78. The quantitative estimate of drug-likeness (QED) is 0.309. The molecule has 0 fully saturated rings. The van der Waals surface area contributed by atoms with E-state index < -0.39 is 0 Å². The molecule has 0 unspecified atom stereocenters. The maximum Gasteiger partial charge on any atom is 0.299 e. The summed E-state index contributed by atoms with van der Waals surface area (Å²) in [7, 11) is 0. The van der Waals surface area contributed by atoms with Gasteiger partial charge in [-0.2, -0.15) is 0 Å². The predicted octanol–water partition coefficient (Wildman–Crippen LogP) is 0.381. The second kappa shape index (κ2) is 6.09. The fourth-order valence-corrected chi connectivity index (χ4v) is 0.144. The standard InChI is InChI=1S/C4H7O2.Zn/c1-3-6-4(2)5;/h1,3H2,2H3;/q-1;. The molecule has 0 saturated carbocycles. The van der Waals surface area contributed by atoms with Crippen LogP contribution in [0.5, 0.6) is 0 Å². The Morgan fingerprint density at radius 2 is 2.29 bits per heavy atom. The van der Waals surface area contributed by atoms with E-state index in [0.29, 0.717) is 0 Å². The summed E-state index contributed by atoms with van der Waals surface area (Å²) in [5.41, 5.74) is 0. The Balaban J connectivity index is 0. The Bertz CT molecular complexity index is 53.7. The van der Waals surface area contributed by atoms with Crippen LogP contribution in [0, 0.1) is 6.92 Å². The van der Waals surface area contributed by atoms with Crippen molar-refractivity contribution in [2.24, 2.45) is 0 Å². The van der Waals surface area contributed by atoms with Crippen LogP contribution in [0.3, 0.4) is 0 Å². The molecule has 0 atom stereocenters. The summed E-state index contributed by atoms with van der Waals surface area (Å²) < 4.78 is 4.29. The topological polar surface area (TPSA) is 26.3 Å². The van der Waals surface area contributed by atoms with Gasteiger partial charge < -0.3 is 11.7 Å². The van der Waals surface area contributed by atoms with Gasteiger partial charge in [0.05, 0.1) is 0 Å². The zero-order valence-corrected chi connectivity index (χ0v) is 7.40. The second-order valence-electron chi connectivity index (χ2n) is 0.840. The summed E-state index contributed by atoms with van der Waals surface area (Å²) in [6.45, 7) is 4.87. The average Bonchev–Trinajstić information content (AvgIpc) is 1.35. The average molecular weight is 152 g/mol. The van der Waals surface area contributed by atoms with Crippen LogP contribution in [0.15, 0.2) is 0 Å². The van der Waals surface area contributed by atoms with E-state index in [0.717, 1.165) is 0 Å². The van der Waals surface area contributed by atoms with Crippen LogP contribution in [0.25, 0.3) is 0 Å². The summed E-state index contributed by atoms with van der Waals surface area (Å²) in [5, 5.41) is 0. The van der Waals surface area contributed by atoms with Crippen molar-refractivity contribution in [2.45, 2.75) is 6.92 Å². The molecule has 7 heavy (non-hydrogen) atoms. The van der Waals surface area contributed by atoms with Crippen LogP contribution in [0.1, 0.15) is 6.92 Å². The Kier molecular flexibility index (Phi) is 8.84. The zero-order valence-electron chi connectivity index (χ0n) is 4.44. The number of esters is 1. The monoisotopic (exact) mass is 151 g/mol. The van der Waals surface area contributed by atoms with Crippen LogP contribution in [-0.4, -0.2) is 12.6 Å². The maximum atomic E-state index is 9.78. The van der Waals surface area contributed by atoms with Crippen molar-refractivity contribution in [3.05, 3.63) is 6.92 Å². The van der Waals surface area contributed by atoms with Gasteiger partial charge in [-0.15, -0.1) is 0 Å². The Labute approximate surface area is 56.0 Å². The molecule has 0 bridgehead atoms. The Morgan fingerprint density at radius 3 is 2.29 bits per heavy atom. The minimum absolute atomic E-state index is 0. The molecule has 0 aliphatic rings. The third kappa shape index (κ3) is 10.7. The molecule has 0 saturated heterocycles. The van der Waals surface area contributed by atoms with Crippen molar-refractivity contribution in [3.8, 4) is 0 Å². The molecule has 0 amide bonds. The smallest absolute Gasteiger partial charge is 0.299 e. The van der Waals surface area contributed by atoms with Gasteiger partial charge in [0, 0.05) is 26.4 Å². The Morgan fingerprint density at radius 1 is 1.86 bits per heavy atom. The largest absolute Gasteiger partial charge is 0.499 e. The van der Waals surface area contributed by atoms with Gasteiger partial charge in [0.1, 0.15) is 0 Å². The summed E-state index contributed by atoms with van der Waals surface area (Å²) in [5.74, 6) is -0.273. The first kappa shape index (κ1) is 10.2. The number of hydrogen-bond donors (Lipinski definition) is 0. The molecule has 3 heteroatoms. The van der Waals surface area contributed by atoms with Gasteiger partial charge in [0.15, 0.2) is 0 Å². The molecule has 0 radical (unpaired) electrons. The molecule has 0 aliphatic heterocycles. The van der Waals surface area contributed by atoms with E-state index in [1.807, 2.05) is 0 Å².